The molecule has 3 rings (SSSR count). The number of benzene rings is 1. The van der Waals surface area contributed by atoms with Crippen LogP contribution < -0.4 is 11.1 Å². The molecule has 4 nitrogen and oxygen atoms in total. The molecule has 0 aliphatic carbocycles. The highest BCUT2D eigenvalue weighted by Crippen LogP contribution is 2.32. The molecule has 0 atom stereocenters. The molecule has 17 heavy (non-hydrogen) atoms. The molecule has 2 aromatic rings. The van der Waals surface area contributed by atoms with Crippen LogP contribution in [-0.2, 0) is 11.2 Å². The van der Waals surface area contributed by atoms with Crippen LogP contribution >= 0.6 is 11.3 Å². The Bertz CT molecular complexity index is 623. The van der Waals surface area contributed by atoms with Gasteiger partial charge in [0.25, 0.3) is 0 Å². The van der Waals surface area contributed by atoms with Gasteiger partial charge in [0.1, 0.15) is 5.82 Å². The molecule has 0 fully saturated rings. The fraction of sp³-hybridized carbons (Fsp3) is 0.0909. The summed E-state index contributed by atoms with van der Waals surface area (Å²) in [7, 11) is 0. The molecule has 1 aliphatic rings. The number of hydrogen-bond acceptors (Lipinski definition) is 4. The van der Waals surface area contributed by atoms with Crippen molar-refractivity contribution in [2.24, 2.45) is 0 Å². The third kappa shape index (κ3) is 1.66. The smallest absolute Gasteiger partial charge is 0.228 e. The number of nitrogens with one attached hydrogen (secondary N) is 1. The van der Waals surface area contributed by atoms with Crippen LogP contribution in [-0.4, -0.2) is 10.9 Å². The van der Waals surface area contributed by atoms with Crippen molar-refractivity contribution >= 4 is 28.1 Å². The van der Waals surface area contributed by atoms with Crippen LogP contribution in [0.3, 0.4) is 0 Å². The van der Waals surface area contributed by atoms with E-state index in [9.17, 15) is 9.18 Å². The van der Waals surface area contributed by atoms with Crippen molar-refractivity contribution in [3.8, 4) is 11.3 Å². The van der Waals surface area contributed by atoms with Gasteiger partial charge in [0, 0.05) is 10.9 Å². The lowest BCUT2D eigenvalue weighted by Crippen LogP contribution is -2.04. The predicted molar refractivity (Wildman–Crippen MR) is 64.3 cm³/mol. The Hall–Kier alpha value is -1.95. The highest BCUT2D eigenvalue weighted by atomic mass is 32.1. The first-order chi connectivity index (χ1) is 8.13. The molecule has 0 spiro atoms. The van der Waals surface area contributed by atoms with Gasteiger partial charge in [-0.2, -0.15) is 0 Å². The summed E-state index contributed by atoms with van der Waals surface area (Å²) < 4.78 is 13.7. The summed E-state index contributed by atoms with van der Waals surface area (Å²) in [6.07, 6.45) is 0.208. The van der Waals surface area contributed by atoms with E-state index < -0.39 is 5.82 Å². The van der Waals surface area contributed by atoms with Gasteiger partial charge in [0.15, 0.2) is 5.13 Å². The third-order valence-electron chi connectivity index (χ3n) is 2.61. The van der Waals surface area contributed by atoms with Crippen molar-refractivity contribution in [1.82, 2.24) is 4.98 Å². The standard InChI is InChI=1S/C11H8FN3OS/c12-7-2-5(8-4-17-11(13)14-8)1-6-3-9(16)15-10(6)7/h1-2,4H,3H2,(H2,13,14)(H,15,16). The number of carbonyl (C=O) groups excluding carboxylic acids is 1. The van der Waals surface area contributed by atoms with E-state index in [2.05, 4.69) is 10.3 Å². The SMILES string of the molecule is Nc1nc(-c2cc(F)c3c(c2)CC(=O)N3)cs1. The van der Waals surface area contributed by atoms with E-state index >= 15 is 0 Å². The predicted octanol–water partition coefficient (Wildman–Crippen LogP) is 2.03. The lowest BCUT2D eigenvalue weighted by molar-refractivity contribution is -0.115. The molecule has 0 unspecified atom stereocenters. The van der Waals surface area contributed by atoms with Gasteiger partial charge < -0.3 is 11.1 Å². The monoisotopic (exact) mass is 249 g/mol. The Balaban J connectivity index is 2.12. The van der Waals surface area contributed by atoms with E-state index in [1.165, 1.54) is 17.4 Å². The summed E-state index contributed by atoms with van der Waals surface area (Å²) in [5.41, 5.74) is 7.76. The average Bonchev–Trinajstić information content (AvgIpc) is 2.83. The number of carbonyl (C=O) groups is 1. The third-order valence-corrected chi connectivity index (χ3v) is 3.28. The average molecular weight is 249 g/mol. The van der Waals surface area contributed by atoms with Crippen LogP contribution in [0.2, 0.25) is 0 Å². The summed E-state index contributed by atoms with van der Waals surface area (Å²) in [6.45, 7) is 0. The molecular formula is C11H8FN3OS. The van der Waals surface area contributed by atoms with Gasteiger partial charge in [-0.3, -0.25) is 4.79 Å². The molecule has 0 saturated heterocycles. The molecule has 0 radical (unpaired) electrons. The summed E-state index contributed by atoms with van der Waals surface area (Å²) >= 11 is 1.30. The molecule has 0 saturated carbocycles. The number of thiazole rings is 1. The Morgan fingerprint density at radius 3 is 3.00 bits per heavy atom. The second kappa shape index (κ2) is 3.53. The van der Waals surface area contributed by atoms with Crippen LogP contribution in [0.15, 0.2) is 17.5 Å². The van der Waals surface area contributed by atoms with Crippen molar-refractivity contribution in [3.63, 3.8) is 0 Å². The van der Waals surface area contributed by atoms with Gasteiger partial charge in [0.2, 0.25) is 5.91 Å². The topological polar surface area (TPSA) is 68.0 Å². The van der Waals surface area contributed by atoms with Crippen molar-refractivity contribution in [3.05, 3.63) is 28.9 Å². The van der Waals surface area contributed by atoms with Gasteiger partial charge in [-0.15, -0.1) is 11.3 Å². The van der Waals surface area contributed by atoms with Gasteiger partial charge in [0.05, 0.1) is 17.8 Å². The van der Waals surface area contributed by atoms with E-state index in [1.807, 2.05) is 0 Å². The lowest BCUT2D eigenvalue weighted by atomic mass is 10.1. The quantitative estimate of drug-likeness (QED) is 0.812. The Labute approximate surface area is 100 Å². The molecule has 0 bridgehead atoms. The minimum absolute atomic E-state index is 0.186. The molecule has 86 valence electrons. The highest BCUT2D eigenvalue weighted by molar-refractivity contribution is 7.13. The first-order valence-corrected chi connectivity index (χ1v) is 5.85. The van der Waals surface area contributed by atoms with Gasteiger partial charge in [-0.25, -0.2) is 9.37 Å². The summed E-state index contributed by atoms with van der Waals surface area (Å²) in [5, 5.41) is 4.70. The van der Waals surface area contributed by atoms with Crippen molar-refractivity contribution in [2.75, 3.05) is 11.1 Å². The second-order valence-corrected chi connectivity index (χ2v) is 4.68. The Morgan fingerprint density at radius 1 is 1.47 bits per heavy atom. The minimum Gasteiger partial charge on any atom is -0.375 e. The van der Waals surface area contributed by atoms with E-state index in [1.54, 1.807) is 11.4 Å². The minimum atomic E-state index is -0.435. The van der Waals surface area contributed by atoms with Gasteiger partial charge in [-0.05, 0) is 17.7 Å². The maximum atomic E-state index is 13.7. The van der Waals surface area contributed by atoms with Crippen molar-refractivity contribution < 1.29 is 9.18 Å². The zero-order chi connectivity index (χ0) is 12.0. The van der Waals surface area contributed by atoms with Crippen LogP contribution in [0.4, 0.5) is 15.2 Å². The van der Waals surface area contributed by atoms with E-state index in [-0.39, 0.29) is 18.0 Å². The molecule has 3 N–H and O–H groups in total. The van der Waals surface area contributed by atoms with E-state index in [0.717, 1.165) is 0 Å². The van der Waals surface area contributed by atoms with Crippen LogP contribution in [0.1, 0.15) is 5.56 Å². The van der Waals surface area contributed by atoms with Crippen molar-refractivity contribution in [2.45, 2.75) is 6.42 Å². The molecule has 1 aliphatic heterocycles. The van der Waals surface area contributed by atoms with Crippen LogP contribution in [0.5, 0.6) is 0 Å². The second-order valence-electron chi connectivity index (χ2n) is 3.79. The van der Waals surface area contributed by atoms with Gasteiger partial charge in [-0.1, -0.05) is 0 Å². The number of nitrogens with zero attached hydrogens (tertiary/aromatic N) is 1. The van der Waals surface area contributed by atoms with Crippen LogP contribution in [0.25, 0.3) is 11.3 Å². The van der Waals surface area contributed by atoms with Crippen LogP contribution in [0, 0.1) is 5.82 Å². The van der Waals surface area contributed by atoms with E-state index in [4.69, 9.17) is 5.73 Å². The van der Waals surface area contributed by atoms with E-state index in [0.29, 0.717) is 22.0 Å². The highest BCUT2D eigenvalue weighted by Gasteiger charge is 2.22. The molecule has 1 amide bonds. The molecule has 2 heterocycles. The fourth-order valence-electron chi connectivity index (χ4n) is 1.87. The van der Waals surface area contributed by atoms with Gasteiger partial charge >= 0.3 is 0 Å². The number of nitrogen functional groups attached to an aromatic ring is 1. The Morgan fingerprint density at radius 2 is 2.29 bits per heavy atom. The normalized spacial score (nSPS) is 13.6. The number of nitrogens with two attached hydrogens (primary N) is 1. The maximum Gasteiger partial charge on any atom is 0.228 e. The fourth-order valence-corrected chi connectivity index (χ4v) is 2.44. The zero-order valence-corrected chi connectivity index (χ0v) is 9.47. The lowest BCUT2D eigenvalue weighted by Gasteiger charge is -2.03. The summed E-state index contributed by atoms with van der Waals surface area (Å²) in [4.78, 5) is 15.3. The number of amides is 1. The number of halogens is 1. The summed E-state index contributed by atoms with van der Waals surface area (Å²) in [6, 6.07) is 3.13. The zero-order valence-electron chi connectivity index (χ0n) is 8.66. The first-order valence-electron chi connectivity index (χ1n) is 4.97. The maximum absolute atomic E-state index is 13.7. The summed E-state index contributed by atoms with van der Waals surface area (Å²) in [5.74, 6) is -0.622. The number of fused-ring (bicyclic) bond motifs is 1. The Kier molecular flexibility index (Phi) is 2.12. The molecule has 6 heteroatoms. The molecular weight excluding hydrogens is 241 g/mol. The largest absolute Gasteiger partial charge is 0.375 e. The molecule has 1 aromatic carbocycles. The number of hydrogen-bond donors (Lipinski definition) is 2. The van der Waals surface area contributed by atoms with Crippen molar-refractivity contribution in [1.29, 1.82) is 0 Å². The number of aromatic nitrogens is 1. The molecule has 1 aromatic heterocycles. The number of rotatable bonds is 1. The first kappa shape index (κ1) is 10.2. The number of anilines is 2.